The van der Waals surface area contributed by atoms with Gasteiger partial charge in [-0.05, 0) is 60.4 Å². The standard InChI is InChI=1S/C31H28N4O5S/c1-39-28-13-11-23(19-29(28)41(37,38)35-15-6-3-7-16-35)33-30(36)25-20-27(31-32-14-17-40-31)34-26-12-10-22(18-24(25)26)21-8-4-2-5-9-21/h2,4-5,8-14,17-20H,3,6-7,15-16H2,1H3,(H,33,36). The van der Waals surface area contributed by atoms with Crippen LogP contribution >= 0.6 is 0 Å². The Morgan fingerprint density at radius 2 is 1.76 bits per heavy atom. The van der Waals surface area contributed by atoms with Crippen molar-refractivity contribution in [1.29, 1.82) is 0 Å². The number of nitrogens with zero attached hydrogens (tertiary/aromatic N) is 3. The molecule has 0 spiro atoms. The molecule has 0 unspecified atom stereocenters. The molecule has 1 aliphatic heterocycles. The van der Waals surface area contributed by atoms with Crippen LogP contribution in [0.25, 0.3) is 33.6 Å². The Morgan fingerprint density at radius 1 is 0.951 bits per heavy atom. The number of fused-ring (bicyclic) bond motifs is 1. The fraction of sp³-hybridized carbons (Fsp3) is 0.194. The zero-order valence-electron chi connectivity index (χ0n) is 22.4. The zero-order valence-corrected chi connectivity index (χ0v) is 23.2. The van der Waals surface area contributed by atoms with E-state index in [0.717, 1.165) is 30.4 Å². The Morgan fingerprint density at radius 3 is 2.49 bits per heavy atom. The molecular formula is C31H28N4O5S. The number of oxazole rings is 1. The molecule has 0 bridgehead atoms. The van der Waals surface area contributed by atoms with Gasteiger partial charge < -0.3 is 14.5 Å². The van der Waals surface area contributed by atoms with E-state index < -0.39 is 15.9 Å². The van der Waals surface area contributed by atoms with Crippen molar-refractivity contribution in [2.75, 3.05) is 25.5 Å². The normalized spacial score (nSPS) is 14.2. The SMILES string of the molecule is COc1ccc(NC(=O)c2cc(-c3ncco3)nc3ccc(-c4ccccc4)cc23)cc1S(=O)(=O)N1CCCCC1. The van der Waals surface area contributed by atoms with Gasteiger partial charge in [0.25, 0.3) is 5.91 Å². The van der Waals surface area contributed by atoms with Crippen LogP contribution in [0.15, 0.2) is 94.6 Å². The number of hydrogen-bond donors (Lipinski definition) is 1. The third-order valence-electron chi connectivity index (χ3n) is 7.17. The van der Waals surface area contributed by atoms with Crippen LogP contribution in [-0.2, 0) is 10.0 Å². The molecule has 0 radical (unpaired) electrons. The van der Waals surface area contributed by atoms with Crippen LogP contribution in [-0.4, -0.2) is 48.8 Å². The lowest BCUT2D eigenvalue weighted by Gasteiger charge is -2.26. The summed E-state index contributed by atoms with van der Waals surface area (Å²) in [5.41, 5.74) is 3.60. The predicted octanol–water partition coefficient (Wildman–Crippen LogP) is 5.99. The van der Waals surface area contributed by atoms with Crippen molar-refractivity contribution in [1.82, 2.24) is 14.3 Å². The number of pyridine rings is 1. The molecule has 1 N–H and O–H groups in total. The van der Waals surface area contributed by atoms with Crippen LogP contribution in [0, 0.1) is 0 Å². The first-order valence-electron chi connectivity index (χ1n) is 13.3. The third kappa shape index (κ3) is 5.31. The van der Waals surface area contributed by atoms with E-state index >= 15 is 0 Å². The van der Waals surface area contributed by atoms with Crippen molar-refractivity contribution < 1.29 is 22.4 Å². The molecular weight excluding hydrogens is 540 g/mol. The average molecular weight is 569 g/mol. The van der Waals surface area contributed by atoms with Gasteiger partial charge in [0.15, 0.2) is 0 Å². The molecule has 1 aliphatic rings. The van der Waals surface area contributed by atoms with Crippen LogP contribution in [0.4, 0.5) is 5.69 Å². The summed E-state index contributed by atoms with van der Waals surface area (Å²) in [7, 11) is -2.38. The molecule has 0 saturated carbocycles. The minimum Gasteiger partial charge on any atom is -0.495 e. The highest BCUT2D eigenvalue weighted by Gasteiger charge is 2.29. The van der Waals surface area contributed by atoms with Crippen LogP contribution in [0.5, 0.6) is 5.75 Å². The highest BCUT2D eigenvalue weighted by molar-refractivity contribution is 7.89. The van der Waals surface area contributed by atoms with E-state index in [1.165, 1.54) is 29.9 Å². The molecule has 1 fully saturated rings. The Balaban J connectivity index is 1.41. The monoisotopic (exact) mass is 568 g/mol. The number of carbonyl (C=O) groups is 1. The number of methoxy groups -OCH3 is 1. The number of amides is 1. The van der Waals surface area contributed by atoms with E-state index in [4.69, 9.17) is 9.15 Å². The topological polar surface area (TPSA) is 115 Å². The number of sulfonamides is 1. The van der Waals surface area contributed by atoms with Gasteiger partial charge in [0.2, 0.25) is 15.9 Å². The number of rotatable bonds is 7. The summed E-state index contributed by atoms with van der Waals surface area (Å²) in [6.45, 7) is 0.914. The summed E-state index contributed by atoms with van der Waals surface area (Å²) >= 11 is 0. The first-order chi connectivity index (χ1) is 19.9. The van der Waals surface area contributed by atoms with Gasteiger partial charge in [-0.15, -0.1) is 0 Å². The van der Waals surface area contributed by atoms with Gasteiger partial charge in [-0.2, -0.15) is 4.31 Å². The van der Waals surface area contributed by atoms with Gasteiger partial charge in [-0.25, -0.2) is 18.4 Å². The lowest BCUT2D eigenvalue weighted by molar-refractivity contribution is 0.102. The lowest BCUT2D eigenvalue weighted by atomic mass is 10.00. The van der Waals surface area contributed by atoms with Crippen molar-refractivity contribution in [3.63, 3.8) is 0 Å². The fourth-order valence-electron chi connectivity index (χ4n) is 5.08. The number of ether oxygens (including phenoxy) is 1. The first-order valence-corrected chi connectivity index (χ1v) is 14.8. The Kier molecular flexibility index (Phi) is 7.25. The largest absolute Gasteiger partial charge is 0.495 e. The molecule has 0 atom stereocenters. The number of carbonyl (C=O) groups excluding carboxylic acids is 1. The van der Waals surface area contributed by atoms with Crippen molar-refractivity contribution in [2.24, 2.45) is 0 Å². The number of anilines is 1. The van der Waals surface area contributed by atoms with Crippen molar-refractivity contribution >= 4 is 32.5 Å². The van der Waals surface area contributed by atoms with E-state index in [2.05, 4.69) is 15.3 Å². The molecule has 3 heterocycles. The average Bonchev–Trinajstić information content (AvgIpc) is 3.56. The van der Waals surface area contributed by atoms with Crippen LogP contribution in [0.1, 0.15) is 29.6 Å². The van der Waals surface area contributed by atoms with Gasteiger partial charge in [0.05, 0.1) is 24.4 Å². The predicted molar refractivity (Wildman–Crippen MR) is 156 cm³/mol. The highest BCUT2D eigenvalue weighted by Crippen LogP contribution is 2.33. The van der Waals surface area contributed by atoms with E-state index in [9.17, 15) is 13.2 Å². The second-order valence-corrected chi connectivity index (χ2v) is 11.7. The van der Waals surface area contributed by atoms with E-state index in [-0.39, 0.29) is 16.5 Å². The summed E-state index contributed by atoms with van der Waals surface area (Å²) in [6, 6.07) is 21.9. The van der Waals surface area contributed by atoms with Gasteiger partial charge in [-0.1, -0.05) is 42.8 Å². The number of piperidine rings is 1. The minimum atomic E-state index is -3.81. The number of hydrogen-bond acceptors (Lipinski definition) is 7. The molecule has 6 rings (SSSR count). The summed E-state index contributed by atoms with van der Waals surface area (Å²) < 4.78 is 39.3. The van der Waals surface area contributed by atoms with Gasteiger partial charge >= 0.3 is 0 Å². The molecule has 2 aromatic heterocycles. The second-order valence-electron chi connectivity index (χ2n) is 9.77. The first kappa shape index (κ1) is 26.7. The number of aromatic nitrogens is 2. The molecule has 0 aliphatic carbocycles. The Labute approximate surface area is 237 Å². The van der Waals surface area contributed by atoms with Gasteiger partial charge in [0, 0.05) is 24.2 Å². The van der Waals surface area contributed by atoms with Crippen LogP contribution < -0.4 is 10.1 Å². The molecule has 1 amide bonds. The maximum absolute atomic E-state index is 13.8. The molecule has 3 aromatic carbocycles. The summed E-state index contributed by atoms with van der Waals surface area (Å²) in [6.07, 6.45) is 5.58. The molecule has 1 saturated heterocycles. The maximum Gasteiger partial charge on any atom is 0.256 e. The second kappa shape index (κ2) is 11.1. The summed E-state index contributed by atoms with van der Waals surface area (Å²) in [5.74, 6) is 0.0796. The molecule has 9 nitrogen and oxygen atoms in total. The minimum absolute atomic E-state index is 0.0196. The van der Waals surface area contributed by atoms with Crippen LogP contribution in [0.2, 0.25) is 0 Å². The number of nitrogens with one attached hydrogen (secondary N) is 1. The van der Waals surface area contributed by atoms with Crippen LogP contribution in [0.3, 0.4) is 0 Å². The Hall–Kier alpha value is -4.54. The molecule has 10 heteroatoms. The fourth-order valence-corrected chi connectivity index (χ4v) is 6.78. The quantitative estimate of drug-likeness (QED) is 0.256. The lowest BCUT2D eigenvalue weighted by Crippen LogP contribution is -2.35. The molecule has 5 aromatic rings. The summed E-state index contributed by atoms with van der Waals surface area (Å²) in [4.78, 5) is 22.7. The number of benzene rings is 3. The highest BCUT2D eigenvalue weighted by atomic mass is 32.2. The van der Waals surface area contributed by atoms with Crippen molar-refractivity contribution in [3.8, 4) is 28.5 Å². The van der Waals surface area contributed by atoms with E-state index in [0.29, 0.717) is 40.9 Å². The summed E-state index contributed by atoms with van der Waals surface area (Å²) in [5, 5.41) is 3.53. The molecule has 208 valence electrons. The molecule has 41 heavy (non-hydrogen) atoms. The van der Waals surface area contributed by atoms with E-state index in [1.54, 1.807) is 18.2 Å². The van der Waals surface area contributed by atoms with E-state index in [1.807, 2.05) is 48.5 Å². The Bertz CT molecular complexity index is 1820. The zero-order chi connectivity index (χ0) is 28.4. The third-order valence-corrected chi connectivity index (χ3v) is 9.09. The van der Waals surface area contributed by atoms with Crippen molar-refractivity contribution in [2.45, 2.75) is 24.2 Å². The van der Waals surface area contributed by atoms with Gasteiger partial charge in [-0.3, -0.25) is 4.79 Å². The van der Waals surface area contributed by atoms with Crippen molar-refractivity contribution in [3.05, 3.63) is 90.8 Å². The maximum atomic E-state index is 13.8. The van der Waals surface area contributed by atoms with Gasteiger partial charge in [0.1, 0.15) is 22.6 Å². The smallest absolute Gasteiger partial charge is 0.256 e.